The topological polar surface area (TPSA) is 69.4 Å². The van der Waals surface area contributed by atoms with Gasteiger partial charge < -0.3 is 4.74 Å². The van der Waals surface area contributed by atoms with E-state index in [1.165, 1.54) is 6.07 Å². The molecule has 17 heavy (non-hydrogen) atoms. The number of carbonyl (C=O) groups is 1. The zero-order valence-electron chi connectivity index (χ0n) is 9.53. The highest BCUT2D eigenvalue weighted by Gasteiger charge is 2.19. The van der Waals surface area contributed by atoms with E-state index in [2.05, 4.69) is 15.9 Å². The van der Waals surface area contributed by atoms with Gasteiger partial charge in [0.05, 0.1) is 4.92 Å². The largest absolute Gasteiger partial charge is 0.479 e. The van der Waals surface area contributed by atoms with Gasteiger partial charge in [0, 0.05) is 17.0 Å². The molecule has 0 unspecified atom stereocenters. The van der Waals surface area contributed by atoms with Crippen LogP contribution < -0.4 is 4.74 Å². The Morgan fingerprint density at radius 3 is 2.71 bits per heavy atom. The summed E-state index contributed by atoms with van der Waals surface area (Å²) in [6, 6.07) is 3.07. The maximum Gasteiger partial charge on any atom is 0.312 e. The van der Waals surface area contributed by atoms with Gasteiger partial charge >= 0.3 is 5.69 Å². The first-order valence-corrected chi connectivity index (χ1v) is 5.84. The van der Waals surface area contributed by atoms with Crippen LogP contribution >= 0.6 is 15.9 Å². The van der Waals surface area contributed by atoms with Gasteiger partial charge in [-0.05, 0) is 18.6 Å². The lowest BCUT2D eigenvalue weighted by molar-refractivity contribution is -0.385. The molecule has 1 rings (SSSR count). The number of aryl methyl sites for hydroxylation is 1. The highest BCUT2D eigenvalue weighted by atomic mass is 79.9. The summed E-state index contributed by atoms with van der Waals surface area (Å²) in [5.74, 6) is 0.0571. The van der Waals surface area contributed by atoms with Crippen molar-refractivity contribution in [3.05, 3.63) is 32.3 Å². The van der Waals surface area contributed by atoms with E-state index in [0.717, 1.165) is 0 Å². The highest BCUT2D eigenvalue weighted by molar-refractivity contribution is 9.10. The number of halogens is 1. The van der Waals surface area contributed by atoms with Crippen molar-refractivity contribution < 1.29 is 14.5 Å². The number of rotatable bonds is 5. The van der Waals surface area contributed by atoms with Crippen molar-refractivity contribution in [3.8, 4) is 5.75 Å². The van der Waals surface area contributed by atoms with E-state index in [4.69, 9.17) is 4.74 Å². The molecule has 0 aliphatic rings. The number of nitrogens with zero attached hydrogens (tertiary/aromatic N) is 1. The van der Waals surface area contributed by atoms with Crippen LogP contribution in [0.5, 0.6) is 5.75 Å². The van der Waals surface area contributed by atoms with Crippen LogP contribution in [-0.4, -0.2) is 17.3 Å². The molecule has 0 heterocycles. The van der Waals surface area contributed by atoms with Gasteiger partial charge in [0.1, 0.15) is 6.61 Å². The number of carbonyl (C=O) groups excluding carboxylic acids is 1. The quantitative estimate of drug-likeness (QED) is 0.619. The Morgan fingerprint density at radius 1 is 1.53 bits per heavy atom. The number of hydrogen-bond acceptors (Lipinski definition) is 4. The van der Waals surface area contributed by atoms with E-state index < -0.39 is 4.92 Å². The molecule has 5 nitrogen and oxygen atoms in total. The number of ketones is 1. The van der Waals surface area contributed by atoms with Crippen molar-refractivity contribution in [1.82, 2.24) is 0 Å². The minimum Gasteiger partial charge on any atom is -0.479 e. The number of Topliss-reactive ketones (excluding diaryl/α,β-unsaturated/α-hetero) is 1. The fraction of sp³-hybridized carbons (Fsp3) is 0.364. The van der Waals surface area contributed by atoms with Gasteiger partial charge in [0.2, 0.25) is 5.75 Å². The van der Waals surface area contributed by atoms with Crippen LogP contribution in [-0.2, 0) is 4.79 Å². The molecular formula is C11H12BrNO4. The Kier molecular flexibility index (Phi) is 4.62. The van der Waals surface area contributed by atoms with Gasteiger partial charge in [-0.1, -0.05) is 22.9 Å². The molecule has 0 atom stereocenters. The lowest BCUT2D eigenvalue weighted by Gasteiger charge is -2.09. The van der Waals surface area contributed by atoms with Crippen molar-refractivity contribution >= 4 is 27.4 Å². The van der Waals surface area contributed by atoms with Crippen molar-refractivity contribution in [1.29, 1.82) is 0 Å². The fourth-order valence-corrected chi connectivity index (χ4v) is 1.85. The summed E-state index contributed by atoms with van der Waals surface area (Å²) < 4.78 is 5.83. The molecule has 6 heteroatoms. The predicted octanol–water partition coefficient (Wildman–Crippen LogP) is 3.02. The van der Waals surface area contributed by atoms with Crippen LogP contribution in [0.2, 0.25) is 0 Å². The summed E-state index contributed by atoms with van der Waals surface area (Å²) in [6.45, 7) is 3.28. The molecule has 1 aromatic carbocycles. The SMILES string of the molecule is CCC(=O)COc1c(C)cc(Br)cc1[N+](=O)[O-]. The molecule has 0 amide bonds. The first-order chi connectivity index (χ1) is 7.95. The van der Waals surface area contributed by atoms with Crippen LogP contribution in [0.3, 0.4) is 0 Å². The summed E-state index contributed by atoms with van der Waals surface area (Å²) in [5, 5.41) is 10.9. The molecule has 0 saturated heterocycles. The minimum atomic E-state index is -0.524. The van der Waals surface area contributed by atoms with E-state index >= 15 is 0 Å². The smallest absolute Gasteiger partial charge is 0.312 e. The van der Waals surface area contributed by atoms with Crippen LogP contribution in [0.25, 0.3) is 0 Å². The molecule has 0 aromatic heterocycles. The Balaban J connectivity index is 3.04. The van der Waals surface area contributed by atoms with Gasteiger partial charge in [-0.25, -0.2) is 0 Å². The summed E-state index contributed by atoms with van der Waals surface area (Å²) in [6.07, 6.45) is 0.351. The molecular weight excluding hydrogens is 290 g/mol. The monoisotopic (exact) mass is 301 g/mol. The zero-order valence-corrected chi connectivity index (χ0v) is 11.1. The third-order valence-corrected chi connectivity index (χ3v) is 2.65. The van der Waals surface area contributed by atoms with Gasteiger partial charge in [-0.3, -0.25) is 14.9 Å². The van der Waals surface area contributed by atoms with Gasteiger partial charge in [-0.2, -0.15) is 0 Å². The number of ether oxygens (including phenoxy) is 1. The average Bonchev–Trinajstić information content (AvgIpc) is 2.26. The molecule has 92 valence electrons. The maximum absolute atomic E-state index is 11.1. The van der Waals surface area contributed by atoms with Crippen LogP contribution in [0.1, 0.15) is 18.9 Å². The normalized spacial score (nSPS) is 10.1. The van der Waals surface area contributed by atoms with Crippen molar-refractivity contribution in [2.24, 2.45) is 0 Å². The third-order valence-electron chi connectivity index (χ3n) is 2.19. The van der Waals surface area contributed by atoms with E-state index in [1.807, 2.05) is 0 Å². The molecule has 0 aliphatic carbocycles. The Morgan fingerprint density at radius 2 is 2.18 bits per heavy atom. The van der Waals surface area contributed by atoms with Gasteiger partial charge in [-0.15, -0.1) is 0 Å². The van der Waals surface area contributed by atoms with Crippen molar-refractivity contribution in [2.75, 3.05) is 6.61 Å². The molecule has 0 spiro atoms. The van der Waals surface area contributed by atoms with Crippen molar-refractivity contribution in [3.63, 3.8) is 0 Å². The fourth-order valence-electron chi connectivity index (χ4n) is 1.29. The third kappa shape index (κ3) is 3.52. The summed E-state index contributed by atoms with van der Waals surface area (Å²) in [5.41, 5.74) is 0.482. The minimum absolute atomic E-state index is 0.0957. The second kappa shape index (κ2) is 5.77. The summed E-state index contributed by atoms with van der Waals surface area (Å²) in [4.78, 5) is 21.5. The molecule has 0 bridgehead atoms. The standard InChI is InChI=1S/C11H12BrNO4/c1-3-9(14)6-17-11-7(2)4-8(12)5-10(11)13(15)16/h4-5H,3,6H2,1-2H3. The first-order valence-electron chi connectivity index (χ1n) is 5.04. The number of hydrogen-bond donors (Lipinski definition) is 0. The van der Waals surface area contributed by atoms with E-state index in [1.54, 1.807) is 19.9 Å². The highest BCUT2D eigenvalue weighted by Crippen LogP contribution is 2.34. The summed E-state index contributed by atoms with van der Waals surface area (Å²) in [7, 11) is 0. The molecule has 0 fully saturated rings. The number of nitro benzene ring substituents is 1. The molecule has 0 aliphatic heterocycles. The first kappa shape index (κ1) is 13.6. The average molecular weight is 302 g/mol. The van der Waals surface area contributed by atoms with Gasteiger partial charge in [0.25, 0.3) is 0 Å². The Labute approximate surface area is 107 Å². The number of nitro groups is 1. The van der Waals surface area contributed by atoms with Crippen molar-refractivity contribution in [2.45, 2.75) is 20.3 Å². The Hall–Kier alpha value is -1.43. The van der Waals surface area contributed by atoms with E-state index in [-0.39, 0.29) is 23.8 Å². The lowest BCUT2D eigenvalue weighted by atomic mass is 10.2. The number of benzene rings is 1. The molecule has 1 aromatic rings. The summed E-state index contributed by atoms with van der Waals surface area (Å²) >= 11 is 3.18. The Bertz CT molecular complexity index is 459. The van der Waals surface area contributed by atoms with E-state index in [9.17, 15) is 14.9 Å². The molecule has 0 radical (unpaired) electrons. The predicted molar refractivity (Wildman–Crippen MR) is 66.3 cm³/mol. The maximum atomic E-state index is 11.1. The van der Waals surface area contributed by atoms with E-state index in [0.29, 0.717) is 16.5 Å². The molecule has 0 N–H and O–H groups in total. The van der Waals surface area contributed by atoms with Gasteiger partial charge in [0.15, 0.2) is 5.78 Å². The lowest BCUT2D eigenvalue weighted by Crippen LogP contribution is -2.11. The second-order valence-electron chi connectivity index (χ2n) is 3.51. The zero-order chi connectivity index (χ0) is 13.0. The van der Waals surface area contributed by atoms with Crippen LogP contribution in [0, 0.1) is 17.0 Å². The second-order valence-corrected chi connectivity index (χ2v) is 4.42. The van der Waals surface area contributed by atoms with Crippen LogP contribution in [0.15, 0.2) is 16.6 Å². The molecule has 0 saturated carbocycles. The van der Waals surface area contributed by atoms with Crippen LogP contribution in [0.4, 0.5) is 5.69 Å².